The maximum absolute atomic E-state index is 12.1. The van der Waals surface area contributed by atoms with Gasteiger partial charge in [-0.3, -0.25) is 0 Å². The van der Waals surface area contributed by atoms with Crippen molar-refractivity contribution in [3.8, 4) is 5.75 Å². The first kappa shape index (κ1) is 15.4. The zero-order chi connectivity index (χ0) is 15.9. The molecule has 0 saturated heterocycles. The van der Waals surface area contributed by atoms with E-state index in [9.17, 15) is 14.9 Å². The molecule has 7 nitrogen and oxygen atoms in total. The molecular formula is C15H14N2O5. The maximum Gasteiger partial charge on any atom is 0.406 e. The fraction of sp³-hybridized carbons (Fsp3) is 0.200. The van der Waals surface area contributed by atoms with E-state index in [-0.39, 0.29) is 12.4 Å². The largest absolute Gasteiger partial charge is 0.465 e. The molecule has 1 atom stereocenters. The van der Waals surface area contributed by atoms with Gasteiger partial charge < -0.3 is 19.6 Å². The number of nitrogens with zero attached hydrogens (tertiary/aromatic N) is 2. The van der Waals surface area contributed by atoms with E-state index in [4.69, 9.17) is 9.47 Å². The van der Waals surface area contributed by atoms with Crippen LogP contribution in [0.1, 0.15) is 18.6 Å². The van der Waals surface area contributed by atoms with Gasteiger partial charge in [-0.15, -0.1) is 0 Å². The van der Waals surface area contributed by atoms with E-state index >= 15 is 0 Å². The Morgan fingerprint density at radius 3 is 2.64 bits per heavy atom. The van der Waals surface area contributed by atoms with E-state index < -0.39 is 22.8 Å². The fourth-order valence-electron chi connectivity index (χ4n) is 1.84. The number of pyridine rings is 1. The van der Waals surface area contributed by atoms with Gasteiger partial charge in [0, 0.05) is 5.56 Å². The van der Waals surface area contributed by atoms with Crippen molar-refractivity contribution in [2.45, 2.75) is 13.0 Å². The number of nitro groups is 1. The van der Waals surface area contributed by atoms with Crippen LogP contribution in [0.15, 0.2) is 48.7 Å². The summed E-state index contributed by atoms with van der Waals surface area (Å²) in [5.74, 6) is -1.16. The van der Waals surface area contributed by atoms with Crippen molar-refractivity contribution < 1.29 is 19.2 Å². The summed E-state index contributed by atoms with van der Waals surface area (Å²) in [5, 5.41) is 11.0. The number of ether oxygens (including phenoxy) is 2. The van der Waals surface area contributed by atoms with Gasteiger partial charge in [-0.05, 0) is 29.0 Å². The van der Waals surface area contributed by atoms with E-state index in [2.05, 4.69) is 4.98 Å². The predicted molar refractivity (Wildman–Crippen MR) is 77.3 cm³/mol. The number of hydrogen-bond acceptors (Lipinski definition) is 6. The first-order chi connectivity index (χ1) is 10.6. The quantitative estimate of drug-likeness (QED) is 0.463. The topological polar surface area (TPSA) is 91.6 Å². The van der Waals surface area contributed by atoms with Crippen LogP contribution < -0.4 is 4.74 Å². The van der Waals surface area contributed by atoms with Crippen molar-refractivity contribution in [3.63, 3.8) is 0 Å². The molecule has 1 heterocycles. The minimum Gasteiger partial charge on any atom is -0.465 e. The monoisotopic (exact) mass is 302 g/mol. The molecule has 0 aliphatic rings. The molecule has 7 heteroatoms. The summed E-state index contributed by atoms with van der Waals surface area (Å²) in [6.07, 6.45) is 0.191. The summed E-state index contributed by atoms with van der Waals surface area (Å²) < 4.78 is 10.5. The lowest BCUT2D eigenvalue weighted by Crippen LogP contribution is -2.22. The van der Waals surface area contributed by atoms with Crippen LogP contribution in [0.2, 0.25) is 0 Å². The Morgan fingerprint density at radius 1 is 1.27 bits per heavy atom. The van der Waals surface area contributed by atoms with Gasteiger partial charge in [0.15, 0.2) is 0 Å². The molecule has 114 valence electrons. The third-order valence-electron chi connectivity index (χ3n) is 2.77. The Kier molecular flexibility index (Phi) is 5.02. The highest BCUT2D eigenvalue weighted by atomic mass is 16.6. The molecule has 0 amide bonds. The minimum atomic E-state index is -1.09. The lowest BCUT2D eigenvalue weighted by atomic mass is 10.1. The van der Waals surface area contributed by atoms with Crippen molar-refractivity contribution in [1.29, 1.82) is 0 Å². The summed E-state index contributed by atoms with van der Waals surface area (Å²) >= 11 is 0. The second kappa shape index (κ2) is 7.16. The van der Waals surface area contributed by atoms with E-state index in [0.29, 0.717) is 5.56 Å². The van der Waals surface area contributed by atoms with Crippen LogP contribution in [0.3, 0.4) is 0 Å². The fourth-order valence-corrected chi connectivity index (χ4v) is 1.84. The zero-order valence-corrected chi connectivity index (χ0v) is 11.8. The van der Waals surface area contributed by atoms with Crippen LogP contribution in [-0.4, -0.2) is 22.5 Å². The third kappa shape index (κ3) is 3.57. The SMILES string of the molecule is CCOC(=O)[C@@H](Oc1cccnc1[N+](=O)[O-])c1ccccc1. The Balaban J connectivity index is 2.35. The zero-order valence-electron chi connectivity index (χ0n) is 11.8. The molecule has 2 aromatic rings. The average Bonchev–Trinajstić information content (AvgIpc) is 2.53. The Labute approximate surface area is 126 Å². The van der Waals surface area contributed by atoms with Gasteiger partial charge in [0.05, 0.1) is 6.61 Å². The molecule has 0 aliphatic carbocycles. The van der Waals surface area contributed by atoms with Crippen LogP contribution >= 0.6 is 0 Å². The highest BCUT2D eigenvalue weighted by Crippen LogP contribution is 2.29. The second-order valence-electron chi connectivity index (χ2n) is 4.24. The van der Waals surface area contributed by atoms with Gasteiger partial charge in [0.25, 0.3) is 0 Å². The average molecular weight is 302 g/mol. The summed E-state index contributed by atoms with van der Waals surface area (Å²) in [6, 6.07) is 11.5. The van der Waals surface area contributed by atoms with Crippen molar-refractivity contribution in [2.75, 3.05) is 6.61 Å². The maximum atomic E-state index is 12.1. The number of esters is 1. The highest BCUT2D eigenvalue weighted by molar-refractivity contribution is 5.77. The standard InChI is InChI=1S/C15H14N2O5/c1-2-21-15(18)13(11-7-4-3-5-8-11)22-12-9-6-10-16-14(12)17(19)20/h3-10,13H,2H2,1H3/t13-/m0/s1. The molecule has 0 N–H and O–H groups in total. The Bertz CT molecular complexity index is 660. The summed E-state index contributed by atoms with van der Waals surface area (Å²) in [4.78, 5) is 26.1. The van der Waals surface area contributed by atoms with Crippen molar-refractivity contribution in [2.24, 2.45) is 0 Å². The van der Waals surface area contributed by atoms with Crippen LogP contribution in [0.25, 0.3) is 0 Å². The lowest BCUT2D eigenvalue weighted by Gasteiger charge is -2.17. The summed E-state index contributed by atoms with van der Waals surface area (Å²) in [7, 11) is 0. The smallest absolute Gasteiger partial charge is 0.406 e. The van der Waals surface area contributed by atoms with Gasteiger partial charge in [0.2, 0.25) is 11.9 Å². The number of benzene rings is 1. The van der Waals surface area contributed by atoms with Crippen LogP contribution in [-0.2, 0) is 9.53 Å². The van der Waals surface area contributed by atoms with E-state index in [1.807, 2.05) is 0 Å². The van der Waals surface area contributed by atoms with Crippen molar-refractivity contribution >= 4 is 11.8 Å². The first-order valence-corrected chi connectivity index (χ1v) is 6.61. The molecule has 1 aromatic heterocycles. The first-order valence-electron chi connectivity index (χ1n) is 6.61. The molecule has 1 aromatic carbocycles. The number of carbonyl (C=O) groups excluding carboxylic acids is 1. The summed E-state index contributed by atoms with van der Waals surface area (Å²) in [6.45, 7) is 1.85. The van der Waals surface area contributed by atoms with Crippen LogP contribution in [0.5, 0.6) is 5.75 Å². The molecule has 22 heavy (non-hydrogen) atoms. The number of hydrogen-bond donors (Lipinski definition) is 0. The minimum absolute atomic E-state index is 0.0885. The van der Waals surface area contributed by atoms with E-state index in [1.54, 1.807) is 37.3 Å². The van der Waals surface area contributed by atoms with Crippen LogP contribution in [0.4, 0.5) is 5.82 Å². The number of aromatic nitrogens is 1. The molecule has 0 radical (unpaired) electrons. The predicted octanol–water partition coefficient (Wildman–Crippen LogP) is 2.67. The van der Waals surface area contributed by atoms with E-state index in [1.165, 1.54) is 18.3 Å². The molecule has 0 fully saturated rings. The van der Waals surface area contributed by atoms with Gasteiger partial charge in [-0.25, -0.2) is 4.79 Å². The third-order valence-corrected chi connectivity index (χ3v) is 2.77. The van der Waals surface area contributed by atoms with Gasteiger partial charge in [-0.1, -0.05) is 30.3 Å². The van der Waals surface area contributed by atoms with Crippen molar-refractivity contribution in [1.82, 2.24) is 4.98 Å². The molecule has 0 saturated carbocycles. The van der Waals surface area contributed by atoms with E-state index in [0.717, 1.165) is 0 Å². The molecule has 2 rings (SSSR count). The summed E-state index contributed by atoms with van der Waals surface area (Å²) in [5.41, 5.74) is 0.541. The number of rotatable bonds is 6. The molecule has 0 aliphatic heterocycles. The Hall–Kier alpha value is -2.96. The van der Waals surface area contributed by atoms with Gasteiger partial charge in [0.1, 0.15) is 6.20 Å². The van der Waals surface area contributed by atoms with Crippen LogP contribution in [0, 0.1) is 10.1 Å². The highest BCUT2D eigenvalue weighted by Gasteiger charge is 2.27. The normalized spacial score (nSPS) is 11.5. The lowest BCUT2D eigenvalue weighted by molar-refractivity contribution is -0.390. The molecular weight excluding hydrogens is 288 g/mol. The van der Waals surface area contributed by atoms with Crippen molar-refractivity contribution in [3.05, 3.63) is 64.3 Å². The number of carbonyl (C=O) groups is 1. The van der Waals surface area contributed by atoms with Gasteiger partial charge >= 0.3 is 11.8 Å². The molecule has 0 unspecified atom stereocenters. The molecule has 0 spiro atoms. The second-order valence-corrected chi connectivity index (χ2v) is 4.24. The van der Waals surface area contributed by atoms with Gasteiger partial charge in [-0.2, -0.15) is 0 Å². The Morgan fingerprint density at radius 2 is 2.00 bits per heavy atom. The molecule has 0 bridgehead atoms.